The number of hydrogen-bond donors (Lipinski definition) is 0. The third-order valence-electron chi connectivity index (χ3n) is 10.8. The van der Waals surface area contributed by atoms with Crippen molar-refractivity contribution in [3.63, 3.8) is 0 Å². The summed E-state index contributed by atoms with van der Waals surface area (Å²) < 4.78 is 1.65. The Kier molecular flexibility index (Phi) is 19.9. The van der Waals surface area contributed by atoms with Gasteiger partial charge >= 0.3 is 0 Å². The summed E-state index contributed by atoms with van der Waals surface area (Å²) in [6, 6.07) is 9.84. The molecule has 0 radical (unpaired) electrons. The van der Waals surface area contributed by atoms with Crippen molar-refractivity contribution in [3.05, 3.63) is 97.6 Å². The van der Waals surface area contributed by atoms with Gasteiger partial charge in [0.05, 0.1) is 5.57 Å². The van der Waals surface area contributed by atoms with Crippen LogP contribution in [0.25, 0.3) is 16.9 Å². The highest BCUT2D eigenvalue weighted by molar-refractivity contribution is 5.85. The van der Waals surface area contributed by atoms with Crippen molar-refractivity contribution in [2.24, 2.45) is 0 Å². The van der Waals surface area contributed by atoms with E-state index in [-0.39, 0.29) is 0 Å². The van der Waals surface area contributed by atoms with E-state index < -0.39 is 0 Å². The lowest BCUT2D eigenvalue weighted by Crippen LogP contribution is -2.08. The first-order valence-corrected chi connectivity index (χ1v) is 21.9. The van der Waals surface area contributed by atoms with E-state index in [1.807, 2.05) is 0 Å². The van der Waals surface area contributed by atoms with E-state index in [1.165, 1.54) is 95.9 Å². The average Bonchev–Trinajstić information content (AvgIpc) is 3.39. The second-order valence-corrected chi connectivity index (χ2v) is 15.4. The van der Waals surface area contributed by atoms with Gasteiger partial charge in [-0.1, -0.05) is 151 Å². The lowest BCUT2D eigenvalue weighted by Gasteiger charge is -2.19. The van der Waals surface area contributed by atoms with E-state index in [4.69, 9.17) is 0 Å². The van der Waals surface area contributed by atoms with Gasteiger partial charge in [0.15, 0.2) is 0 Å². The van der Waals surface area contributed by atoms with E-state index in [9.17, 15) is 5.53 Å². The lowest BCUT2D eigenvalue weighted by molar-refractivity contribution is -0.345. The van der Waals surface area contributed by atoms with Crippen LogP contribution >= 0.6 is 0 Å². The van der Waals surface area contributed by atoms with Gasteiger partial charge in [-0.05, 0) is 122 Å². The number of unbranched alkanes of at least 4 members (excludes halogenated alkanes) is 8. The smallest absolute Gasteiger partial charge is 0.215 e. The molecule has 0 aliphatic carbocycles. The summed E-state index contributed by atoms with van der Waals surface area (Å²) in [5.41, 5.74) is 28.8. The van der Waals surface area contributed by atoms with Crippen LogP contribution in [0.15, 0.2) is 47.6 Å². The van der Waals surface area contributed by atoms with Crippen molar-refractivity contribution in [1.29, 1.82) is 0 Å². The summed E-state index contributed by atoms with van der Waals surface area (Å²) in [7, 11) is 0. The predicted octanol–water partition coefficient (Wildman–Crippen LogP) is 15.5. The van der Waals surface area contributed by atoms with Crippen LogP contribution in [0, 0.1) is 0 Å². The minimum Gasteiger partial charge on any atom is -0.493 e. The SMILES string of the molecule is CCCCCCCC=CC1=C(c2cc(CCC)c(CCC)c(CCC)c2)[N+](=[N-])C(c2cc(CCC)c(CCC)c(CCC)c2)=C1CCCCCC. The molecule has 2 heteroatoms. The highest BCUT2D eigenvalue weighted by Gasteiger charge is 2.35. The maximum Gasteiger partial charge on any atom is 0.215 e. The molecule has 2 aromatic rings. The zero-order valence-electron chi connectivity index (χ0n) is 34.6. The molecule has 0 atom stereocenters. The molecule has 51 heavy (non-hydrogen) atoms. The molecule has 0 fully saturated rings. The fraction of sp³-hybridized carbons (Fsp3) is 0.633. The number of benzene rings is 2. The fourth-order valence-corrected chi connectivity index (χ4v) is 8.41. The normalized spacial score (nSPS) is 13.5. The molecule has 0 N–H and O–H groups in total. The number of rotatable bonds is 26. The molecular weight excluding hydrogens is 617 g/mol. The third-order valence-corrected chi connectivity index (χ3v) is 10.8. The van der Waals surface area contributed by atoms with Gasteiger partial charge in [-0.3, -0.25) is 0 Å². The summed E-state index contributed by atoms with van der Waals surface area (Å²) in [4.78, 5) is 0. The maximum atomic E-state index is 12.7. The van der Waals surface area contributed by atoms with Crippen molar-refractivity contribution in [2.45, 2.75) is 203 Å². The van der Waals surface area contributed by atoms with E-state index >= 15 is 0 Å². The largest absolute Gasteiger partial charge is 0.493 e. The summed E-state index contributed by atoms with van der Waals surface area (Å²) >= 11 is 0. The second kappa shape index (κ2) is 23.7. The van der Waals surface area contributed by atoms with Gasteiger partial charge in [0.1, 0.15) is 0 Å². The number of hydrogen-bond acceptors (Lipinski definition) is 0. The van der Waals surface area contributed by atoms with Crippen LogP contribution in [0.5, 0.6) is 0 Å². The van der Waals surface area contributed by atoms with E-state index in [2.05, 4.69) is 91.8 Å². The lowest BCUT2D eigenvalue weighted by atomic mass is 9.87. The monoisotopic (exact) mass is 693 g/mol. The van der Waals surface area contributed by atoms with Gasteiger partial charge in [-0.2, -0.15) is 0 Å². The Balaban J connectivity index is 2.34. The van der Waals surface area contributed by atoms with Crippen LogP contribution < -0.4 is 0 Å². The molecule has 1 aliphatic rings. The topological polar surface area (TPSA) is 25.3 Å². The molecule has 1 heterocycles. The van der Waals surface area contributed by atoms with Crippen molar-refractivity contribution in [3.8, 4) is 0 Å². The highest BCUT2D eigenvalue weighted by atomic mass is 15.2. The van der Waals surface area contributed by atoms with Gasteiger partial charge in [0.2, 0.25) is 11.4 Å². The Morgan fingerprint density at radius 1 is 0.451 bits per heavy atom. The summed E-state index contributed by atoms with van der Waals surface area (Å²) in [6.45, 7) is 18.4. The minimum absolute atomic E-state index is 0.993. The molecule has 2 nitrogen and oxygen atoms in total. The second-order valence-electron chi connectivity index (χ2n) is 15.4. The molecule has 0 saturated heterocycles. The van der Waals surface area contributed by atoms with E-state index in [1.54, 1.807) is 15.8 Å². The van der Waals surface area contributed by atoms with Gasteiger partial charge in [0.25, 0.3) is 0 Å². The third kappa shape index (κ3) is 11.9. The Hall–Kier alpha value is -2.74. The highest BCUT2D eigenvalue weighted by Crippen LogP contribution is 2.45. The van der Waals surface area contributed by atoms with Crippen molar-refractivity contribution in [2.75, 3.05) is 0 Å². The zero-order chi connectivity index (χ0) is 37.0. The van der Waals surface area contributed by atoms with Gasteiger partial charge in [-0.15, -0.1) is 0 Å². The molecule has 282 valence electrons. The van der Waals surface area contributed by atoms with Crippen LogP contribution in [0.4, 0.5) is 0 Å². The molecule has 0 unspecified atom stereocenters. The number of allylic oxidation sites excluding steroid dienone is 4. The summed E-state index contributed by atoms with van der Waals surface area (Å²) in [5.74, 6) is 0. The Labute approximate surface area is 315 Å². The molecule has 3 rings (SSSR count). The molecule has 0 spiro atoms. The molecule has 2 aromatic carbocycles. The van der Waals surface area contributed by atoms with Crippen LogP contribution in [-0.2, 0) is 38.5 Å². The van der Waals surface area contributed by atoms with Gasteiger partial charge in [-0.25, -0.2) is 4.70 Å². The maximum absolute atomic E-state index is 12.7. The average molecular weight is 693 g/mol. The van der Waals surface area contributed by atoms with Crippen LogP contribution in [-0.4, -0.2) is 4.70 Å². The minimum atomic E-state index is 0.993. The first kappa shape index (κ1) is 42.7. The first-order chi connectivity index (χ1) is 24.9. The van der Waals surface area contributed by atoms with Crippen molar-refractivity contribution < 1.29 is 4.70 Å². The van der Waals surface area contributed by atoms with E-state index in [0.717, 1.165) is 108 Å². The quantitative estimate of drug-likeness (QED) is 0.0693. The van der Waals surface area contributed by atoms with Crippen LogP contribution in [0.3, 0.4) is 0 Å². The summed E-state index contributed by atoms with van der Waals surface area (Å²) in [6.07, 6.45) is 31.8. The molecule has 0 amide bonds. The first-order valence-electron chi connectivity index (χ1n) is 21.9. The fourth-order valence-electron chi connectivity index (χ4n) is 8.41. The predicted molar refractivity (Wildman–Crippen MR) is 226 cm³/mol. The Morgan fingerprint density at radius 3 is 1.29 bits per heavy atom. The number of aryl methyl sites for hydroxylation is 4. The number of nitrogens with zero attached hydrogens (tertiary/aromatic N) is 2. The molecule has 0 bridgehead atoms. The van der Waals surface area contributed by atoms with Crippen LogP contribution in [0.2, 0.25) is 0 Å². The van der Waals surface area contributed by atoms with E-state index in [0.29, 0.717) is 0 Å². The molecule has 0 aromatic heterocycles. The van der Waals surface area contributed by atoms with Gasteiger partial charge in [0, 0.05) is 16.7 Å². The Bertz CT molecular complexity index is 1410. The molecule has 0 saturated carbocycles. The standard InChI is InChI=1S/C49H76N2/c1-9-17-19-21-22-23-25-33-47-46(32-24-20-18-10-2)48(42-34-38(26-11-3)44(30-15-7)39(35-42)27-12-4)51(50)49(47)43-36-40(28-13-5)45(31-16-8)41(37-43)29-14-6/h25,33-37H,9-24,26-32H2,1-8H3. The Morgan fingerprint density at radius 2 is 0.863 bits per heavy atom. The van der Waals surface area contributed by atoms with Gasteiger partial charge < -0.3 is 5.53 Å². The van der Waals surface area contributed by atoms with Crippen LogP contribution in [0.1, 0.15) is 209 Å². The summed E-state index contributed by atoms with van der Waals surface area (Å²) in [5, 5.41) is 0. The molecular formula is C49H76N2. The van der Waals surface area contributed by atoms with Crippen molar-refractivity contribution >= 4 is 11.4 Å². The molecule has 1 aliphatic heterocycles. The zero-order valence-corrected chi connectivity index (χ0v) is 34.6. The van der Waals surface area contributed by atoms with Crippen molar-refractivity contribution in [1.82, 2.24) is 0 Å².